The van der Waals surface area contributed by atoms with Crippen molar-refractivity contribution in [2.45, 2.75) is 25.3 Å². The van der Waals surface area contributed by atoms with Crippen molar-refractivity contribution < 1.29 is 23.1 Å². The number of nitrogens with one attached hydrogen (secondary N) is 2. The molecule has 19 heavy (non-hydrogen) atoms. The largest absolute Gasteiger partial charge is 0.481 e. The van der Waals surface area contributed by atoms with Gasteiger partial charge in [-0.1, -0.05) is 6.42 Å². The molecule has 0 aromatic heterocycles. The molecular formula is C11H16N2O5S. The van der Waals surface area contributed by atoms with E-state index in [1.54, 1.807) is 0 Å². The van der Waals surface area contributed by atoms with Gasteiger partial charge in [-0.25, -0.2) is 13.2 Å². The quantitative estimate of drug-likeness (QED) is 0.666. The van der Waals surface area contributed by atoms with Gasteiger partial charge in [-0.05, 0) is 18.9 Å². The summed E-state index contributed by atoms with van der Waals surface area (Å²) in [6.45, 7) is 0.0668. The summed E-state index contributed by atoms with van der Waals surface area (Å²) < 4.78 is 22.3. The van der Waals surface area contributed by atoms with Gasteiger partial charge in [0.05, 0.1) is 17.2 Å². The van der Waals surface area contributed by atoms with E-state index in [1.807, 2.05) is 0 Å². The van der Waals surface area contributed by atoms with E-state index in [-0.39, 0.29) is 12.3 Å². The van der Waals surface area contributed by atoms with Crippen LogP contribution >= 0.6 is 0 Å². The molecule has 1 fully saturated rings. The Kier molecular flexibility index (Phi) is 3.53. The fourth-order valence-electron chi connectivity index (χ4n) is 2.20. The summed E-state index contributed by atoms with van der Waals surface area (Å²) in [7, 11) is -3.21. The SMILES string of the molecule is O=C(NCC1(C(=O)O)CCC1)NC1C=CS(=O)(=O)C1. The van der Waals surface area contributed by atoms with Gasteiger partial charge < -0.3 is 15.7 Å². The number of hydrogen-bond acceptors (Lipinski definition) is 4. The molecule has 1 aliphatic carbocycles. The third-order valence-corrected chi connectivity index (χ3v) is 4.99. The summed E-state index contributed by atoms with van der Waals surface area (Å²) in [6, 6.07) is -1.09. The van der Waals surface area contributed by atoms with Crippen molar-refractivity contribution in [2.75, 3.05) is 12.3 Å². The van der Waals surface area contributed by atoms with Crippen LogP contribution in [0.3, 0.4) is 0 Å². The molecule has 7 nitrogen and oxygen atoms in total. The molecule has 0 aromatic carbocycles. The van der Waals surface area contributed by atoms with E-state index in [1.165, 1.54) is 6.08 Å². The molecule has 2 rings (SSSR count). The highest BCUT2D eigenvalue weighted by Crippen LogP contribution is 2.40. The molecule has 1 atom stereocenters. The number of sulfone groups is 1. The predicted octanol–water partition coefficient (Wildman–Crippen LogP) is -0.149. The van der Waals surface area contributed by atoms with Crippen LogP contribution in [0.4, 0.5) is 4.79 Å². The number of amides is 2. The molecule has 1 aliphatic heterocycles. The zero-order chi connectivity index (χ0) is 14.1. The monoisotopic (exact) mass is 288 g/mol. The van der Waals surface area contributed by atoms with Gasteiger partial charge in [0.2, 0.25) is 0 Å². The lowest BCUT2D eigenvalue weighted by Crippen LogP contribution is -2.51. The van der Waals surface area contributed by atoms with E-state index >= 15 is 0 Å². The average molecular weight is 288 g/mol. The maximum absolute atomic E-state index is 11.6. The molecule has 0 radical (unpaired) electrons. The van der Waals surface area contributed by atoms with Crippen LogP contribution in [-0.4, -0.2) is 43.9 Å². The fraction of sp³-hybridized carbons (Fsp3) is 0.636. The molecule has 1 saturated carbocycles. The fourth-order valence-corrected chi connectivity index (χ4v) is 3.44. The average Bonchev–Trinajstić information content (AvgIpc) is 2.55. The normalized spacial score (nSPS) is 26.4. The second-order valence-corrected chi connectivity index (χ2v) is 6.96. The lowest BCUT2D eigenvalue weighted by atomic mass is 9.69. The molecular weight excluding hydrogens is 272 g/mol. The Balaban J connectivity index is 1.80. The minimum Gasteiger partial charge on any atom is -0.481 e. The molecule has 106 valence electrons. The molecule has 8 heteroatoms. The first kappa shape index (κ1) is 13.9. The van der Waals surface area contributed by atoms with Crippen LogP contribution in [0.2, 0.25) is 0 Å². The molecule has 0 bridgehead atoms. The van der Waals surface area contributed by atoms with Crippen molar-refractivity contribution in [3.05, 3.63) is 11.5 Å². The van der Waals surface area contributed by atoms with Crippen LogP contribution in [0, 0.1) is 5.41 Å². The molecule has 1 unspecified atom stereocenters. The van der Waals surface area contributed by atoms with Crippen LogP contribution in [0.5, 0.6) is 0 Å². The number of carboxylic acids is 1. The number of hydrogen-bond donors (Lipinski definition) is 3. The predicted molar refractivity (Wildman–Crippen MR) is 67.2 cm³/mol. The van der Waals surface area contributed by atoms with Gasteiger partial charge in [0.15, 0.2) is 9.84 Å². The Morgan fingerprint density at radius 1 is 1.37 bits per heavy atom. The lowest BCUT2D eigenvalue weighted by Gasteiger charge is -2.37. The molecule has 0 saturated heterocycles. The molecule has 2 amide bonds. The number of carboxylic acid groups (broad SMARTS) is 1. The van der Waals surface area contributed by atoms with Crippen LogP contribution in [0.1, 0.15) is 19.3 Å². The summed E-state index contributed by atoms with van der Waals surface area (Å²) in [5, 5.41) is 15.1. The first-order chi connectivity index (χ1) is 8.83. The van der Waals surface area contributed by atoms with Crippen molar-refractivity contribution in [1.82, 2.24) is 10.6 Å². The van der Waals surface area contributed by atoms with Crippen molar-refractivity contribution >= 4 is 21.8 Å². The number of carbonyl (C=O) groups is 2. The van der Waals surface area contributed by atoms with Gasteiger partial charge in [0.25, 0.3) is 0 Å². The lowest BCUT2D eigenvalue weighted by molar-refractivity contribution is -0.153. The van der Waals surface area contributed by atoms with Gasteiger partial charge in [-0.2, -0.15) is 0 Å². The minimum absolute atomic E-state index is 0.0668. The summed E-state index contributed by atoms with van der Waals surface area (Å²) >= 11 is 0. The maximum Gasteiger partial charge on any atom is 0.315 e. The zero-order valence-electron chi connectivity index (χ0n) is 10.3. The Labute approximate surface area is 111 Å². The van der Waals surface area contributed by atoms with Crippen molar-refractivity contribution in [3.63, 3.8) is 0 Å². The highest BCUT2D eigenvalue weighted by Gasteiger charge is 2.44. The smallest absolute Gasteiger partial charge is 0.315 e. The maximum atomic E-state index is 11.6. The number of aliphatic carboxylic acids is 1. The molecule has 2 aliphatic rings. The first-order valence-corrected chi connectivity index (χ1v) is 7.73. The van der Waals surface area contributed by atoms with Crippen molar-refractivity contribution in [3.8, 4) is 0 Å². The number of carbonyl (C=O) groups excluding carboxylic acids is 1. The summed E-state index contributed by atoms with van der Waals surface area (Å²) in [6.07, 6.45) is 3.37. The van der Waals surface area contributed by atoms with Crippen molar-refractivity contribution in [1.29, 1.82) is 0 Å². The van der Waals surface area contributed by atoms with Crippen LogP contribution in [0.15, 0.2) is 11.5 Å². The van der Waals surface area contributed by atoms with E-state index in [9.17, 15) is 18.0 Å². The van der Waals surface area contributed by atoms with Crippen LogP contribution in [0.25, 0.3) is 0 Å². The van der Waals surface area contributed by atoms with E-state index < -0.39 is 33.3 Å². The molecule has 0 spiro atoms. The second-order valence-electron chi connectivity index (χ2n) is 5.03. The van der Waals surface area contributed by atoms with Crippen molar-refractivity contribution in [2.24, 2.45) is 5.41 Å². The highest BCUT2D eigenvalue weighted by atomic mass is 32.2. The van der Waals surface area contributed by atoms with Gasteiger partial charge in [0.1, 0.15) is 0 Å². The third-order valence-electron chi connectivity index (χ3n) is 3.60. The standard InChI is InChI=1S/C11H16N2O5S/c14-9(15)11(3-1-4-11)7-12-10(16)13-8-2-5-19(17,18)6-8/h2,5,8H,1,3-4,6-7H2,(H,14,15)(H2,12,13,16). The Morgan fingerprint density at radius 3 is 2.47 bits per heavy atom. The Bertz CT molecular complexity index is 521. The Hall–Kier alpha value is -1.57. The van der Waals surface area contributed by atoms with Crippen LogP contribution in [-0.2, 0) is 14.6 Å². The highest BCUT2D eigenvalue weighted by molar-refractivity contribution is 7.94. The first-order valence-electron chi connectivity index (χ1n) is 6.02. The molecule has 3 N–H and O–H groups in total. The number of urea groups is 1. The van der Waals surface area contributed by atoms with E-state index in [0.29, 0.717) is 12.8 Å². The van der Waals surface area contributed by atoms with E-state index in [2.05, 4.69) is 10.6 Å². The second kappa shape index (κ2) is 4.84. The van der Waals surface area contributed by atoms with Crippen LogP contribution < -0.4 is 10.6 Å². The van der Waals surface area contributed by atoms with Gasteiger partial charge in [-0.15, -0.1) is 0 Å². The number of rotatable bonds is 4. The summed E-state index contributed by atoms with van der Waals surface area (Å²) in [4.78, 5) is 22.7. The molecule has 1 heterocycles. The summed E-state index contributed by atoms with van der Waals surface area (Å²) in [5.41, 5.74) is -0.852. The van der Waals surface area contributed by atoms with Gasteiger partial charge in [0, 0.05) is 12.0 Å². The third kappa shape index (κ3) is 3.06. The van der Waals surface area contributed by atoms with Gasteiger partial charge >= 0.3 is 12.0 Å². The summed E-state index contributed by atoms with van der Waals surface area (Å²) in [5.74, 6) is -1.05. The molecule has 0 aromatic rings. The van der Waals surface area contributed by atoms with E-state index in [4.69, 9.17) is 5.11 Å². The zero-order valence-corrected chi connectivity index (χ0v) is 11.1. The topological polar surface area (TPSA) is 113 Å². The minimum atomic E-state index is -3.21. The van der Waals surface area contributed by atoms with E-state index in [0.717, 1.165) is 11.8 Å². The Morgan fingerprint density at radius 2 is 2.05 bits per heavy atom. The van der Waals surface area contributed by atoms with Gasteiger partial charge in [-0.3, -0.25) is 4.79 Å².